The molecule has 1 amide bonds. The first-order chi connectivity index (χ1) is 13.3. The molecule has 156 valence electrons. The molecule has 1 atom stereocenters. The highest BCUT2D eigenvalue weighted by Gasteiger charge is 2.32. The van der Waals surface area contributed by atoms with Gasteiger partial charge in [0.05, 0.1) is 4.90 Å². The second kappa shape index (κ2) is 8.95. The third-order valence-corrected chi connectivity index (χ3v) is 8.49. The zero-order valence-corrected chi connectivity index (χ0v) is 18.3. The number of aryl methyl sites for hydroxylation is 1. The molecule has 1 aliphatic carbocycles. The number of hydrogen-bond donors (Lipinski definition) is 0. The van der Waals surface area contributed by atoms with Crippen LogP contribution in [-0.2, 0) is 10.0 Å². The van der Waals surface area contributed by atoms with Gasteiger partial charge in [0.2, 0.25) is 10.0 Å². The highest BCUT2D eigenvalue weighted by Crippen LogP contribution is 2.28. The van der Waals surface area contributed by atoms with Crippen molar-refractivity contribution in [3.05, 3.63) is 29.3 Å². The molecule has 2 fully saturated rings. The molecule has 1 heterocycles. The Labute approximate surface area is 170 Å². The standard InChI is InChI=1S/C22H34N2O3S/c1-17-13-14-20(28(26,27)24-15-9-8-10-18(24)2)16-21(17)22(25)23(3)19-11-6-4-5-7-12-19/h13-14,16,18-19H,4-12,15H2,1-3H3. The minimum Gasteiger partial charge on any atom is -0.339 e. The van der Waals surface area contributed by atoms with E-state index in [2.05, 4.69) is 0 Å². The summed E-state index contributed by atoms with van der Waals surface area (Å²) in [6.07, 6.45) is 9.70. The molecule has 1 saturated heterocycles. The van der Waals surface area contributed by atoms with E-state index in [1.54, 1.807) is 22.5 Å². The van der Waals surface area contributed by atoms with Crippen LogP contribution in [0, 0.1) is 6.92 Å². The first-order valence-corrected chi connectivity index (χ1v) is 12.2. The zero-order chi connectivity index (χ0) is 20.3. The van der Waals surface area contributed by atoms with Crippen LogP contribution in [0.5, 0.6) is 0 Å². The van der Waals surface area contributed by atoms with Gasteiger partial charge in [0.25, 0.3) is 5.91 Å². The van der Waals surface area contributed by atoms with Gasteiger partial charge in [-0.1, -0.05) is 38.2 Å². The second-order valence-electron chi connectivity index (χ2n) is 8.50. The molecule has 0 radical (unpaired) electrons. The molecule has 0 bridgehead atoms. The number of piperidine rings is 1. The Hall–Kier alpha value is -1.40. The molecule has 1 unspecified atom stereocenters. The Morgan fingerprint density at radius 2 is 1.68 bits per heavy atom. The topological polar surface area (TPSA) is 57.7 Å². The van der Waals surface area contributed by atoms with E-state index in [1.165, 1.54) is 12.8 Å². The average molecular weight is 407 g/mol. The van der Waals surface area contributed by atoms with E-state index in [4.69, 9.17) is 0 Å². The van der Waals surface area contributed by atoms with Crippen molar-refractivity contribution in [2.75, 3.05) is 13.6 Å². The van der Waals surface area contributed by atoms with Crippen molar-refractivity contribution in [2.24, 2.45) is 0 Å². The molecule has 28 heavy (non-hydrogen) atoms. The Morgan fingerprint density at radius 3 is 2.32 bits per heavy atom. The van der Waals surface area contributed by atoms with Crippen LogP contribution in [0.2, 0.25) is 0 Å². The first kappa shape index (κ1) is 21.3. The van der Waals surface area contributed by atoms with Gasteiger partial charge in [-0.15, -0.1) is 0 Å². The van der Waals surface area contributed by atoms with Crippen molar-refractivity contribution in [2.45, 2.75) is 88.6 Å². The molecule has 0 N–H and O–H groups in total. The Balaban J connectivity index is 1.87. The molecule has 6 heteroatoms. The summed E-state index contributed by atoms with van der Waals surface area (Å²) in [4.78, 5) is 15.3. The highest BCUT2D eigenvalue weighted by molar-refractivity contribution is 7.89. The fraction of sp³-hybridized carbons (Fsp3) is 0.682. The summed E-state index contributed by atoms with van der Waals surface area (Å²) in [5.41, 5.74) is 1.34. The SMILES string of the molecule is Cc1ccc(S(=O)(=O)N2CCCCC2C)cc1C(=O)N(C)C1CCCCCC1. The lowest BCUT2D eigenvalue weighted by molar-refractivity contribution is 0.0716. The van der Waals surface area contributed by atoms with Crippen LogP contribution in [-0.4, -0.2) is 49.2 Å². The van der Waals surface area contributed by atoms with Gasteiger partial charge in [-0.25, -0.2) is 8.42 Å². The van der Waals surface area contributed by atoms with Gasteiger partial charge in [0.1, 0.15) is 0 Å². The van der Waals surface area contributed by atoms with Crippen molar-refractivity contribution in [1.82, 2.24) is 9.21 Å². The summed E-state index contributed by atoms with van der Waals surface area (Å²) in [7, 11) is -1.71. The number of carbonyl (C=O) groups is 1. The van der Waals surface area contributed by atoms with Gasteiger partial charge in [0.15, 0.2) is 0 Å². The van der Waals surface area contributed by atoms with E-state index < -0.39 is 10.0 Å². The van der Waals surface area contributed by atoms with Gasteiger partial charge in [-0.05, 0) is 57.2 Å². The predicted molar refractivity (Wildman–Crippen MR) is 112 cm³/mol. The predicted octanol–water partition coefficient (Wildman–Crippen LogP) is 4.35. The number of amides is 1. The van der Waals surface area contributed by atoms with Crippen LogP contribution in [0.1, 0.15) is 80.6 Å². The Morgan fingerprint density at radius 1 is 1.04 bits per heavy atom. The molecular weight excluding hydrogens is 372 g/mol. The molecule has 1 aliphatic heterocycles. The van der Waals surface area contributed by atoms with Gasteiger partial charge in [0, 0.05) is 31.2 Å². The van der Waals surface area contributed by atoms with Crippen LogP contribution in [0.3, 0.4) is 0 Å². The van der Waals surface area contributed by atoms with Crippen LogP contribution in [0.25, 0.3) is 0 Å². The summed E-state index contributed by atoms with van der Waals surface area (Å²) in [5.74, 6) is -0.0619. The largest absolute Gasteiger partial charge is 0.339 e. The summed E-state index contributed by atoms with van der Waals surface area (Å²) < 4.78 is 28.0. The maximum Gasteiger partial charge on any atom is 0.254 e. The Bertz CT molecular complexity index is 798. The zero-order valence-electron chi connectivity index (χ0n) is 17.5. The summed E-state index contributed by atoms with van der Waals surface area (Å²) in [5, 5.41) is 0. The van der Waals surface area contributed by atoms with E-state index in [1.807, 2.05) is 25.8 Å². The second-order valence-corrected chi connectivity index (χ2v) is 10.4. The number of hydrogen-bond acceptors (Lipinski definition) is 3. The van der Waals surface area contributed by atoms with Gasteiger partial charge < -0.3 is 4.90 Å². The summed E-state index contributed by atoms with van der Waals surface area (Å²) in [6.45, 7) is 4.41. The number of rotatable bonds is 4. The van der Waals surface area contributed by atoms with Crippen molar-refractivity contribution in [3.8, 4) is 0 Å². The van der Waals surface area contributed by atoms with Crippen molar-refractivity contribution in [3.63, 3.8) is 0 Å². The number of nitrogens with zero attached hydrogens (tertiary/aromatic N) is 2. The van der Waals surface area contributed by atoms with Crippen LogP contribution < -0.4 is 0 Å². The molecule has 3 rings (SSSR count). The maximum atomic E-state index is 13.2. The molecule has 5 nitrogen and oxygen atoms in total. The smallest absolute Gasteiger partial charge is 0.254 e. The average Bonchev–Trinajstić information content (AvgIpc) is 2.96. The molecule has 2 aliphatic rings. The molecule has 0 spiro atoms. The minimum atomic E-state index is -3.58. The van der Waals surface area contributed by atoms with E-state index in [0.29, 0.717) is 12.1 Å². The molecular formula is C22H34N2O3S. The quantitative estimate of drug-likeness (QED) is 0.699. The van der Waals surface area contributed by atoms with Gasteiger partial charge in [-0.2, -0.15) is 4.31 Å². The molecule has 1 aromatic rings. The van der Waals surface area contributed by atoms with Crippen molar-refractivity contribution in [1.29, 1.82) is 0 Å². The highest BCUT2D eigenvalue weighted by atomic mass is 32.2. The van der Waals surface area contributed by atoms with E-state index >= 15 is 0 Å². The van der Waals surface area contributed by atoms with E-state index in [-0.39, 0.29) is 22.9 Å². The minimum absolute atomic E-state index is 0.00728. The number of benzene rings is 1. The molecule has 1 saturated carbocycles. The molecule has 0 aromatic heterocycles. The summed E-state index contributed by atoms with van der Waals surface area (Å²) >= 11 is 0. The van der Waals surface area contributed by atoms with Gasteiger partial charge >= 0.3 is 0 Å². The van der Waals surface area contributed by atoms with E-state index in [9.17, 15) is 13.2 Å². The normalized spacial score (nSPS) is 22.6. The lowest BCUT2D eigenvalue weighted by Crippen LogP contribution is -2.42. The van der Waals surface area contributed by atoms with Crippen molar-refractivity contribution >= 4 is 15.9 Å². The van der Waals surface area contributed by atoms with Crippen molar-refractivity contribution < 1.29 is 13.2 Å². The fourth-order valence-electron chi connectivity index (χ4n) is 4.56. The third-order valence-electron chi connectivity index (χ3n) is 6.48. The molecule has 1 aromatic carbocycles. The lowest BCUT2D eigenvalue weighted by atomic mass is 10.0. The number of sulfonamides is 1. The maximum absolute atomic E-state index is 13.2. The van der Waals surface area contributed by atoms with Gasteiger partial charge in [-0.3, -0.25) is 4.79 Å². The first-order valence-electron chi connectivity index (χ1n) is 10.7. The lowest BCUT2D eigenvalue weighted by Gasteiger charge is -2.32. The summed E-state index contributed by atoms with van der Waals surface area (Å²) in [6, 6.07) is 5.27. The monoisotopic (exact) mass is 406 g/mol. The fourth-order valence-corrected chi connectivity index (χ4v) is 6.28. The number of carbonyl (C=O) groups excluding carboxylic acids is 1. The van der Waals surface area contributed by atoms with Crippen LogP contribution in [0.4, 0.5) is 0 Å². The third kappa shape index (κ3) is 4.43. The van der Waals surface area contributed by atoms with E-state index in [0.717, 1.165) is 50.5 Å². The van der Waals surface area contributed by atoms with Crippen LogP contribution >= 0.6 is 0 Å². The Kier molecular flexibility index (Phi) is 6.81. The van der Waals surface area contributed by atoms with Crippen LogP contribution in [0.15, 0.2) is 23.1 Å².